The molecule has 0 aliphatic carbocycles. The maximum Gasteiger partial charge on any atom is 0.243 e. The van der Waals surface area contributed by atoms with E-state index in [0.29, 0.717) is 16.6 Å². The average Bonchev–Trinajstić information content (AvgIpc) is 2.54. The van der Waals surface area contributed by atoms with Gasteiger partial charge in [0.1, 0.15) is 17.3 Å². The summed E-state index contributed by atoms with van der Waals surface area (Å²) in [6, 6.07) is 12.6. The van der Waals surface area contributed by atoms with Gasteiger partial charge in [-0.05, 0) is 48.9 Å². The molecule has 0 bridgehead atoms. The van der Waals surface area contributed by atoms with Crippen molar-refractivity contribution in [2.24, 2.45) is 0 Å². The van der Waals surface area contributed by atoms with Gasteiger partial charge >= 0.3 is 0 Å². The standard InChI is InChI=1S/C18H18FNO3/c1-13(20(22)14(2)21)6-7-15-4-3-5-18(12-15)23-17-10-8-16(19)9-11-17/h3-13,22H,1-2H3. The predicted molar refractivity (Wildman–Crippen MR) is 85.7 cm³/mol. The largest absolute Gasteiger partial charge is 0.457 e. The quantitative estimate of drug-likeness (QED) is 0.662. The zero-order valence-corrected chi connectivity index (χ0v) is 12.9. The number of ether oxygens (including phenoxy) is 1. The van der Waals surface area contributed by atoms with E-state index < -0.39 is 11.9 Å². The van der Waals surface area contributed by atoms with Crippen molar-refractivity contribution in [1.29, 1.82) is 0 Å². The molecule has 2 aromatic carbocycles. The highest BCUT2D eigenvalue weighted by atomic mass is 19.1. The van der Waals surface area contributed by atoms with Crippen molar-refractivity contribution in [3.8, 4) is 11.5 Å². The molecule has 0 fully saturated rings. The number of halogens is 1. The lowest BCUT2D eigenvalue weighted by Crippen LogP contribution is -2.32. The lowest BCUT2D eigenvalue weighted by Gasteiger charge is -2.17. The van der Waals surface area contributed by atoms with E-state index in [1.807, 2.05) is 18.2 Å². The molecule has 2 rings (SSSR count). The number of carbonyl (C=O) groups excluding carboxylic acids is 1. The summed E-state index contributed by atoms with van der Waals surface area (Å²) in [5, 5.41) is 10.2. The van der Waals surface area contributed by atoms with Gasteiger partial charge < -0.3 is 4.74 Å². The van der Waals surface area contributed by atoms with Gasteiger partial charge in [0.05, 0.1) is 6.04 Å². The molecule has 4 nitrogen and oxygen atoms in total. The van der Waals surface area contributed by atoms with E-state index in [9.17, 15) is 14.4 Å². The van der Waals surface area contributed by atoms with Crippen molar-refractivity contribution in [2.75, 3.05) is 0 Å². The van der Waals surface area contributed by atoms with E-state index in [2.05, 4.69) is 0 Å². The Hall–Kier alpha value is -2.66. The SMILES string of the molecule is CC(=O)N(O)C(C)C=Cc1cccc(Oc2ccc(F)cc2)c1. The molecule has 1 amide bonds. The Morgan fingerprint density at radius 1 is 1.22 bits per heavy atom. The summed E-state index contributed by atoms with van der Waals surface area (Å²) in [4.78, 5) is 11.1. The minimum atomic E-state index is -0.436. The fraction of sp³-hybridized carbons (Fsp3) is 0.167. The van der Waals surface area contributed by atoms with Gasteiger partial charge in [0.15, 0.2) is 0 Å². The zero-order valence-electron chi connectivity index (χ0n) is 12.9. The third-order valence-corrected chi connectivity index (χ3v) is 3.18. The fourth-order valence-corrected chi connectivity index (χ4v) is 1.94. The predicted octanol–water partition coefficient (Wildman–Crippen LogP) is 4.26. The summed E-state index contributed by atoms with van der Waals surface area (Å²) >= 11 is 0. The molecule has 5 heteroatoms. The summed E-state index contributed by atoms with van der Waals surface area (Å²) in [6.07, 6.45) is 3.49. The van der Waals surface area contributed by atoms with Crippen LogP contribution >= 0.6 is 0 Å². The summed E-state index contributed by atoms with van der Waals surface area (Å²) in [5.41, 5.74) is 0.855. The first kappa shape index (κ1) is 16.7. The second-order valence-corrected chi connectivity index (χ2v) is 5.09. The van der Waals surface area contributed by atoms with Crippen molar-refractivity contribution < 1.29 is 19.1 Å². The molecular formula is C18H18FNO3. The Balaban J connectivity index is 2.07. The highest BCUT2D eigenvalue weighted by Gasteiger charge is 2.10. The van der Waals surface area contributed by atoms with Crippen LogP contribution in [0.1, 0.15) is 19.4 Å². The molecule has 0 spiro atoms. The molecule has 0 saturated heterocycles. The van der Waals surface area contributed by atoms with Gasteiger partial charge in [-0.1, -0.05) is 24.3 Å². The normalized spacial score (nSPS) is 12.2. The molecule has 1 unspecified atom stereocenters. The van der Waals surface area contributed by atoms with E-state index in [-0.39, 0.29) is 5.82 Å². The first-order chi connectivity index (χ1) is 11.0. The first-order valence-electron chi connectivity index (χ1n) is 7.16. The summed E-state index contributed by atoms with van der Waals surface area (Å²) in [6.45, 7) is 3.00. The van der Waals surface area contributed by atoms with E-state index in [4.69, 9.17) is 4.74 Å². The smallest absolute Gasteiger partial charge is 0.243 e. The molecule has 0 saturated carbocycles. The lowest BCUT2D eigenvalue weighted by molar-refractivity contribution is -0.167. The summed E-state index contributed by atoms with van der Waals surface area (Å²) in [5.74, 6) is 0.412. The van der Waals surface area contributed by atoms with Crippen molar-refractivity contribution in [3.63, 3.8) is 0 Å². The molecule has 23 heavy (non-hydrogen) atoms. The lowest BCUT2D eigenvalue weighted by atomic mass is 10.1. The third kappa shape index (κ3) is 4.93. The van der Waals surface area contributed by atoms with Crippen molar-refractivity contribution in [3.05, 3.63) is 66.0 Å². The number of carbonyl (C=O) groups is 1. The Bertz CT molecular complexity index is 698. The van der Waals surface area contributed by atoms with Gasteiger partial charge in [0, 0.05) is 6.92 Å². The van der Waals surface area contributed by atoms with Gasteiger partial charge in [-0.15, -0.1) is 0 Å². The van der Waals surface area contributed by atoms with Crippen molar-refractivity contribution in [1.82, 2.24) is 5.06 Å². The highest BCUT2D eigenvalue weighted by molar-refractivity contribution is 5.72. The van der Waals surface area contributed by atoms with Crippen LogP contribution in [-0.4, -0.2) is 22.2 Å². The maximum absolute atomic E-state index is 12.9. The maximum atomic E-state index is 12.9. The van der Waals surface area contributed by atoms with Crippen LogP contribution in [0.25, 0.3) is 6.08 Å². The monoisotopic (exact) mass is 315 g/mol. The van der Waals surface area contributed by atoms with Gasteiger partial charge in [-0.3, -0.25) is 10.0 Å². The Morgan fingerprint density at radius 3 is 2.57 bits per heavy atom. The molecule has 1 atom stereocenters. The highest BCUT2D eigenvalue weighted by Crippen LogP contribution is 2.23. The van der Waals surface area contributed by atoms with Gasteiger partial charge in [-0.25, -0.2) is 9.45 Å². The minimum absolute atomic E-state index is 0.318. The average molecular weight is 315 g/mol. The number of amides is 1. The Kier molecular flexibility index (Phi) is 5.49. The number of nitrogens with zero attached hydrogens (tertiary/aromatic N) is 1. The van der Waals surface area contributed by atoms with Crippen LogP contribution in [0.4, 0.5) is 4.39 Å². The fourth-order valence-electron chi connectivity index (χ4n) is 1.94. The molecule has 0 radical (unpaired) electrons. The number of hydrogen-bond donors (Lipinski definition) is 1. The second-order valence-electron chi connectivity index (χ2n) is 5.09. The molecule has 0 heterocycles. The molecule has 120 valence electrons. The van der Waals surface area contributed by atoms with Crippen LogP contribution in [-0.2, 0) is 4.79 Å². The molecule has 2 aromatic rings. The van der Waals surface area contributed by atoms with Crippen molar-refractivity contribution >= 4 is 12.0 Å². The Morgan fingerprint density at radius 2 is 1.91 bits per heavy atom. The number of hydrogen-bond acceptors (Lipinski definition) is 3. The Labute approximate surface area is 134 Å². The first-order valence-corrected chi connectivity index (χ1v) is 7.16. The van der Waals surface area contributed by atoms with Gasteiger partial charge in [0.2, 0.25) is 5.91 Å². The molecule has 0 aliphatic rings. The minimum Gasteiger partial charge on any atom is -0.457 e. The van der Waals surface area contributed by atoms with Crippen LogP contribution in [0.15, 0.2) is 54.6 Å². The van der Waals surface area contributed by atoms with E-state index >= 15 is 0 Å². The van der Waals surface area contributed by atoms with E-state index in [0.717, 1.165) is 5.56 Å². The molecule has 0 aliphatic heterocycles. The van der Waals surface area contributed by atoms with Crippen LogP contribution < -0.4 is 4.74 Å². The number of hydroxylamine groups is 2. The molecule has 1 N–H and O–H groups in total. The van der Waals surface area contributed by atoms with Gasteiger partial charge in [-0.2, -0.15) is 0 Å². The van der Waals surface area contributed by atoms with Gasteiger partial charge in [0.25, 0.3) is 0 Å². The van der Waals surface area contributed by atoms with Crippen LogP contribution in [0.5, 0.6) is 11.5 Å². The third-order valence-electron chi connectivity index (χ3n) is 3.18. The van der Waals surface area contributed by atoms with Crippen LogP contribution in [0.3, 0.4) is 0 Å². The van der Waals surface area contributed by atoms with E-state index in [1.54, 1.807) is 37.3 Å². The topological polar surface area (TPSA) is 49.8 Å². The van der Waals surface area contributed by atoms with Crippen LogP contribution in [0, 0.1) is 5.82 Å². The van der Waals surface area contributed by atoms with E-state index in [1.165, 1.54) is 19.1 Å². The summed E-state index contributed by atoms with van der Waals surface area (Å²) in [7, 11) is 0. The number of benzene rings is 2. The zero-order chi connectivity index (χ0) is 16.8. The summed E-state index contributed by atoms with van der Waals surface area (Å²) < 4.78 is 18.5. The molecule has 0 aromatic heterocycles. The van der Waals surface area contributed by atoms with Crippen LogP contribution in [0.2, 0.25) is 0 Å². The molecular weight excluding hydrogens is 297 g/mol. The number of rotatable bonds is 5. The van der Waals surface area contributed by atoms with Crippen molar-refractivity contribution in [2.45, 2.75) is 19.9 Å². The second kappa shape index (κ2) is 7.56.